The second-order valence-electron chi connectivity index (χ2n) is 7.19. The first-order valence-electron chi connectivity index (χ1n) is 9.46. The largest absolute Gasteiger partial charge is 0.392 e. The maximum absolute atomic E-state index is 14.3. The van der Waals surface area contributed by atoms with Crippen LogP contribution >= 0.6 is 0 Å². The molecular weight excluding hydrogens is 380 g/mol. The summed E-state index contributed by atoms with van der Waals surface area (Å²) in [5.41, 5.74) is 0.934. The third-order valence-corrected chi connectivity index (χ3v) is 5.02. The van der Waals surface area contributed by atoms with E-state index in [4.69, 9.17) is 0 Å². The standard InChI is InChI=1S/C20H21F2N5O2/c1-12(28)10-23-20(29)15-11-24-27-8-6-18(25-19(15)27)26-7-2-3-17(26)14-9-13(21)4-5-16(14)22/h4-6,8-9,11-12,17,28H,2-3,7,10H2,1H3,(H,23,29). The normalized spacial score (nSPS) is 17.7. The van der Waals surface area contributed by atoms with Crippen LogP contribution in [0.25, 0.3) is 5.65 Å². The molecule has 0 aliphatic carbocycles. The third kappa shape index (κ3) is 3.77. The van der Waals surface area contributed by atoms with Crippen molar-refractivity contribution in [3.63, 3.8) is 0 Å². The number of anilines is 1. The van der Waals surface area contributed by atoms with E-state index in [9.17, 15) is 18.7 Å². The molecule has 2 unspecified atom stereocenters. The van der Waals surface area contributed by atoms with E-state index in [0.29, 0.717) is 30.0 Å². The van der Waals surface area contributed by atoms with Crippen molar-refractivity contribution in [3.05, 3.63) is 59.4 Å². The number of aliphatic hydroxyl groups excluding tert-OH is 1. The predicted octanol–water partition coefficient (Wildman–Crippen LogP) is 2.46. The van der Waals surface area contributed by atoms with Crippen LogP contribution in [0.3, 0.4) is 0 Å². The number of aliphatic hydroxyl groups is 1. The number of rotatable bonds is 5. The monoisotopic (exact) mass is 401 g/mol. The van der Waals surface area contributed by atoms with Crippen molar-refractivity contribution in [3.8, 4) is 0 Å². The maximum atomic E-state index is 14.3. The van der Waals surface area contributed by atoms with Gasteiger partial charge in [0.2, 0.25) is 0 Å². The van der Waals surface area contributed by atoms with Crippen molar-refractivity contribution in [1.29, 1.82) is 0 Å². The van der Waals surface area contributed by atoms with Crippen LogP contribution in [0.5, 0.6) is 0 Å². The molecule has 0 radical (unpaired) electrons. The zero-order valence-corrected chi connectivity index (χ0v) is 15.8. The second-order valence-corrected chi connectivity index (χ2v) is 7.19. The minimum absolute atomic E-state index is 0.114. The van der Waals surface area contributed by atoms with Gasteiger partial charge in [0.25, 0.3) is 5.91 Å². The summed E-state index contributed by atoms with van der Waals surface area (Å²) in [7, 11) is 0. The Labute approximate surface area is 166 Å². The van der Waals surface area contributed by atoms with E-state index in [1.54, 1.807) is 19.2 Å². The highest BCUT2D eigenvalue weighted by atomic mass is 19.1. The van der Waals surface area contributed by atoms with E-state index < -0.39 is 17.7 Å². The minimum atomic E-state index is -0.671. The number of hydrogen-bond acceptors (Lipinski definition) is 5. The van der Waals surface area contributed by atoms with Crippen LogP contribution in [0.2, 0.25) is 0 Å². The number of amides is 1. The molecule has 1 fully saturated rings. The minimum Gasteiger partial charge on any atom is -0.392 e. The van der Waals surface area contributed by atoms with E-state index >= 15 is 0 Å². The number of nitrogens with one attached hydrogen (secondary N) is 1. The van der Waals surface area contributed by atoms with Gasteiger partial charge in [-0.15, -0.1) is 0 Å². The lowest BCUT2D eigenvalue weighted by molar-refractivity contribution is 0.0925. The Morgan fingerprint density at radius 2 is 2.21 bits per heavy atom. The fourth-order valence-electron chi connectivity index (χ4n) is 3.65. The van der Waals surface area contributed by atoms with Crippen LogP contribution in [0.4, 0.5) is 14.6 Å². The van der Waals surface area contributed by atoms with Crippen LogP contribution in [0.15, 0.2) is 36.7 Å². The van der Waals surface area contributed by atoms with Gasteiger partial charge >= 0.3 is 0 Å². The average molecular weight is 401 g/mol. The van der Waals surface area contributed by atoms with E-state index in [1.807, 2.05) is 4.90 Å². The molecule has 2 N–H and O–H groups in total. The predicted molar refractivity (Wildman–Crippen MR) is 103 cm³/mol. The number of nitrogens with zero attached hydrogens (tertiary/aromatic N) is 4. The van der Waals surface area contributed by atoms with Crippen molar-refractivity contribution in [2.45, 2.75) is 31.9 Å². The molecule has 2 atom stereocenters. The van der Waals surface area contributed by atoms with Crippen LogP contribution in [-0.2, 0) is 0 Å². The summed E-state index contributed by atoms with van der Waals surface area (Å²) < 4.78 is 29.5. The van der Waals surface area contributed by atoms with Gasteiger partial charge < -0.3 is 15.3 Å². The van der Waals surface area contributed by atoms with Crippen molar-refractivity contribution < 1.29 is 18.7 Å². The molecule has 1 amide bonds. The fourth-order valence-corrected chi connectivity index (χ4v) is 3.65. The number of carbonyl (C=O) groups is 1. The van der Waals surface area contributed by atoms with Gasteiger partial charge in [-0.2, -0.15) is 5.10 Å². The Morgan fingerprint density at radius 1 is 1.38 bits per heavy atom. The number of benzene rings is 1. The zero-order valence-electron chi connectivity index (χ0n) is 15.8. The molecule has 0 bridgehead atoms. The number of aromatic nitrogens is 3. The van der Waals surface area contributed by atoms with Gasteiger partial charge in [0, 0.05) is 24.8 Å². The average Bonchev–Trinajstić information content (AvgIpc) is 3.34. The summed E-state index contributed by atoms with van der Waals surface area (Å²) in [6.07, 6.45) is 3.91. The number of halogens is 2. The molecule has 29 heavy (non-hydrogen) atoms. The topological polar surface area (TPSA) is 82.8 Å². The van der Waals surface area contributed by atoms with Crippen LogP contribution in [-0.4, -0.2) is 44.8 Å². The highest BCUT2D eigenvalue weighted by Gasteiger charge is 2.30. The van der Waals surface area contributed by atoms with Gasteiger partial charge in [-0.05, 0) is 44.0 Å². The molecule has 9 heteroatoms. The summed E-state index contributed by atoms with van der Waals surface area (Å²) in [5.74, 6) is -0.759. The Balaban J connectivity index is 1.67. The van der Waals surface area contributed by atoms with E-state index in [1.165, 1.54) is 16.8 Å². The Bertz CT molecular complexity index is 1050. The zero-order chi connectivity index (χ0) is 20.5. The van der Waals surface area contributed by atoms with Gasteiger partial charge in [-0.3, -0.25) is 4.79 Å². The van der Waals surface area contributed by atoms with E-state index in [-0.39, 0.29) is 24.1 Å². The van der Waals surface area contributed by atoms with Crippen molar-refractivity contribution in [2.75, 3.05) is 18.0 Å². The number of carbonyl (C=O) groups excluding carboxylic acids is 1. The van der Waals surface area contributed by atoms with Crippen molar-refractivity contribution in [2.24, 2.45) is 0 Å². The van der Waals surface area contributed by atoms with Crippen LogP contribution < -0.4 is 10.2 Å². The molecule has 2 aromatic heterocycles. The first-order valence-corrected chi connectivity index (χ1v) is 9.46. The Morgan fingerprint density at radius 3 is 3.00 bits per heavy atom. The highest BCUT2D eigenvalue weighted by molar-refractivity contribution is 5.99. The van der Waals surface area contributed by atoms with Gasteiger partial charge in [0.15, 0.2) is 5.65 Å². The van der Waals surface area contributed by atoms with Gasteiger partial charge in [-0.1, -0.05) is 0 Å². The summed E-state index contributed by atoms with van der Waals surface area (Å²) >= 11 is 0. The molecule has 3 aromatic rings. The summed E-state index contributed by atoms with van der Waals surface area (Å²) in [6, 6.07) is 4.88. The summed E-state index contributed by atoms with van der Waals surface area (Å²) in [4.78, 5) is 18.9. The number of hydrogen-bond donors (Lipinski definition) is 2. The van der Waals surface area contributed by atoms with Crippen LogP contribution in [0, 0.1) is 11.6 Å². The lowest BCUT2D eigenvalue weighted by Gasteiger charge is -2.26. The number of fused-ring (bicyclic) bond motifs is 1. The molecule has 1 aliphatic heterocycles. The van der Waals surface area contributed by atoms with Crippen LogP contribution in [0.1, 0.15) is 41.7 Å². The summed E-state index contributed by atoms with van der Waals surface area (Å²) in [5, 5.41) is 16.1. The molecule has 1 aliphatic rings. The quantitative estimate of drug-likeness (QED) is 0.686. The SMILES string of the molecule is CC(O)CNC(=O)c1cnn2ccc(N3CCCC3c3cc(F)ccc3F)nc12. The Hall–Kier alpha value is -3.07. The molecule has 4 rings (SSSR count). The summed E-state index contributed by atoms with van der Waals surface area (Å²) in [6.45, 7) is 2.33. The Kier molecular flexibility index (Phi) is 5.14. The van der Waals surface area contributed by atoms with Gasteiger partial charge in [0.05, 0.1) is 18.3 Å². The first-order chi connectivity index (χ1) is 13.9. The van der Waals surface area contributed by atoms with Crippen molar-refractivity contribution >= 4 is 17.4 Å². The molecular formula is C20H21F2N5O2. The lowest BCUT2D eigenvalue weighted by Crippen LogP contribution is -2.30. The molecule has 7 nitrogen and oxygen atoms in total. The molecule has 1 aromatic carbocycles. The van der Waals surface area contributed by atoms with Gasteiger partial charge in [0.1, 0.15) is 23.0 Å². The fraction of sp³-hybridized carbons (Fsp3) is 0.350. The molecule has 0 saturated carbocycles. The molecule has 3 heterocycles. The highest BCUT2D eigenvalue weighted by Crippen LogP contribution is 2.36. The lowest BCUT2D eigenvalue weighted by atomic mass is 10.0. The molecule has 152 valence electrons. The van der Waals surface area contributed by atoms with Gasteiger partial charge in [-0.25, -0.2) is 18.3 Å². The second kappa shape index (κ2) is 7.75. The van der Waals surface area contributed by atoms with E-state index in [2.05, 4.69) is 15.4 Å². The maximum Gasteiger partial charge on any atom is 0.256 e. The third-order valence-electron chi connectivity index (χ3n) is 5.02. The van der Waals surface area contributed by atoms with E-state index in [0.717, 1.165) is 18.6 Å². The molecule has 0 spiro atoms. The first kappa shape index (κ1) is 19.3. The van der Waals surface area contributed by atoms with Crippen molar-refractivity contribution in [1.82, 2.24) is 19.9 Å². The molecule has 1 saturated heterocycles. The smallest absolute Gasteiger partial charge is 0.256 e.